The normalized spacial score (nSPS) is 20.9. The van der Waals surface area contributed by atoms with E-state index < -0.39 is 23.9 Å². The van der Waals surface area contributed by atoms with E-state index in [1.54, 1.807) is 7.11 Å². The van der Waals surface area contributed by atoms with Gasteiger partial charge in [0.25, 0.3) is 0 Å². The Morgan fingerprint density at radius 2 is 1.00 bits per heavy atom. The molecule has 1 fully saturated rings. The van der Waals surface area contributed by atoms with Crippen molar-refractivity contribution in [3.63, 3.8) is 0 Å². The van der Waals surface area contributed by atoms with Crippen molar-refractivity contribution in [2.75, 3.05) is 13.7 Å². The molecule has 7 rings (SSSR count). The summed E-state index contributed by atoms with van der Waals surface area (Å²) in [5.41, 5.74) is 5.74. The Kier molecular flexibility index (Phi) is 13.2. The van der Waals surface area contributed by atoms with Gasteiger partial charge in [0.1, 0.15) is 23.6 Å². The predicted molar refractivity (Wildman–Crippen MR) is 215 cm³/mol. The van der Waals surface area contributed by atoms with Crippen LogP contribution in [0.1, 0.15) is 45.4 Å². The van der Waals surface area contributed by atoms with Crippen molar-refractivity contribution in [3.05, 3.63) is 209 Å². The van der Waals surface area contributed by atoms with E-state index in [1.165, 1.54) is 0 Å². The average molecular weight is 735 g/mol. The quantitative estimate of drug-likeness (QED) is 0.101. The molecule has 1 aliphatic rings. The molecule has 6 heteroatoms. The Bertz CT molecular complexity index is 2010. The molecule has 1 unspecified atom stereocenters. The lowest BCUT2D eigenvalue weighted by molar-refractivity contribution is -0.261. The highest BCUT2D eigenvalue weighted by atomic mass is 16.6. The lowest BCUT2D eigenvalue weighted by atomic mass is 9.69. The van der Waals surface area contributed by atoms with Gasteiger partial charge in [0.05, 0.1) is 46.2 Å². The summed E-state index contributed by atoms with van der Waals surface area (Å²) >= 11 is 0. The fourth-order valence-corrected chi connectivity index (χ4v) is 7.55. The van der Waals surface area contributed by atoms with Crippen LogP contribution < -0.4 is 4.74 Å². The highest BCUT2D eigenvalue weighted by molar-refractivity contribution is 5.36. The van der Waals surface area contributed by atoms with E-state index in [2.05, 4.69) is 60.7 Å². The highest BCUT2D eigenvalue weighted by Gasteiger charge is 2.55. The third-order valence-electron chi connectivity index (χ3n) is 10.4. The van der Waals surface area contributed by atoms with Crippen molar-refractivity contribution >= 4 is 0 Å². The maximum Gasteiger partial charge on any atom is 0.119 e. The maximum absolute atomic E-state index is 13.4. The molecule has 55 heavy (non-hydrogen) atoms. The second kappa shape index (κ2) is 19.0. The minimum atomic E-state index is -1.45. The molecule has 0 aliphatic heterocycles. The molecule has 1 saturated carbocycles. The lowest BCUT2D eigenvalue weighted by Gasteiger charge is -2.51. The van der Waals surface area contributed by atoms with Gasteiger partial charge in [-0.1, -0.05) is 158 Å². The number of aliphatic hydroxyl groups is 1. The van der Waals surface area contributed by atoms with Crippen LogP contribution in [0.15, 0.2) is 170 Å². The van der Waals surface area contributed by atoms with Crippen LogP contribution in [0, 0.1) is 5.92 Å². The first-order chi connectivity index (χ1) is 27.1. The van der Waals surface area contributed by atoms with Crippen molar-refractivity contribution in [1.29, 1.82) is 0 Å². The predicted octanol–water partition coefficient (Wildman–Crippen LogP) is 9.47. The zero-order chi connectivity index (χ0) is 37.7. The van der Waals surface area contributed by atoms with Crippen LogP contribution >= 0.6 is 0 Å². The molecule has 6 aromatic rings. The van der Waals surface area contributed by atoms with Gasteiger partial charge in [-0.2, -0.15) is 0 Å². The van der Waals surface area contributed by atoms with Gasteiger partial charge in [-0.25, -0.2) is 0 Å². The molecule has 6 nitrogen and oxygen atoms in total. The van der Waals surface area contributed by atoms with Gasteiger partial charge in [-0.05, 0) is 63.9 Å². The molecule has 0 heterocycles. The summed E-state index contributed by atoms with van der Waals surface area (Å²) < 4.78 is 32.6. The monoisotopic (exact) mass is 734 g/mol. The van der Waals surface area contributed by atoms with E-state index in [0.717, 1.165) is 44.7 Å². The summed E-state index contributed by atoms with van der Waals surface area (Å²) in [6, 6.07) is 56.9. The van der Waals surface area contributed by atoms with Gasteiger partial charge in [-0.15, -0.1) is 0 Å². The largest absolute Gasteiger partial charge is 0.497 e. The summed E-state index contributed by atoms with van der Waals surface area (Å²) in [5, 5.41) is 13.4. The molecule has 0 radical (unpaired) electrons. The molecule has 282 valence electrons. The van der Waals surface area contributed by atoms with Gasteiger partial charge in [0.2, 0.25) is 0 Å². The van der Waals surface area contributed by atoms with Gasteiger partial charge >= 0.3 is 0 Å². The summed E-state index contributed by atoms with van der Waals surface area (Å²) in [6.45, 7) is 1.81. The van der Waals surface area contributed by atoms with Crippen molar-refractivity contribution in [2.24, 2.45) is 5.92 Å². The first kappa shape index (κ1) is 38.2. The Labute approximate surface area is 325 Å². The smallest absolute Gasteiger partial charge is 0.119 e. The van der Waals surface area contributed by atoms with Crippen molar-refractivity contribution in [2.45, 2.75) is 63.2 Å². The third-order valence-corrected chi connectivity index (χ3v) is 10.4. The van der Waals surface area contributed by atoms with Gasteiger partial charge in [0.15, 0.2) is 0 Å². The van der Waals surface area contributed by atoms with Crippen LogP contribution in [0.3, 0.4) is 0 Å². The molecular weight excluding hydrogens is 685 g/mol. The fraction of sp³-hybridized carbons (Fsp3) is 0.265. The summed E-state index contributed by atoms with van der Waals surface area (Å²) in [7, 11) is 1.67. The summed E-state index contributed by atoms with van der Waals surface area (Å²) in [4.78, 5) is 0. The van der Waals surface area contributed by atoms with E-state index in [0.29, 0.717) is 45.9 Å². The first-order valence-electron chi connectivity index (χ1n) is 19.1. The Hall–Kier alpha value is -5.08. The lowest BCUT2D eigenvalue weighted by Crippen LogP contribution is -2.62. The van der Waals surface area contributed by atoms with Crippen LogP contribution in [0.2, 0.25) is 0 Å². The van der Waals surface area contributed by atoms with Crippen LogP contribution in [-0.4, -0.2) is 37.1 Å². The molecule has 0 saturated heterocycles. The molecule has 6 aromatic carbocycles. The van der Waals surface area contributed by atoms with Crippen molar-refractivity contribution < 1.29 is 28.8 Å². The van der Waals surface area contributed by atoms with Crippen LogP contribution in [-0.2, 0) is 57.4 Å². The Balaban J connectivity index is 1.27. The van der Waals surface area contributed by atoms with Crippen LogP contribution in [0.25, 0.3) is 0 Å². The van der Waals surface area contributed by atoms with E-state index in [4.69, 9.17) is 23.7 Å². The maximum atomic E-state index is 13.4. The molecule has 1 aliphatic carbocycles. The van der Waals surface area contributed by atoms with E-state index in [-0.39, 0.29) is 5.92 Å². The Morgan fingerprint density at radius 3 is 1.55 bits per heavy atom. The summed E-state index contributed by atoms with van der Waals surface area (Å²) in [5.74, 6) is 0.582. The second-order valence-electron chi connectivity index (χ2n) is 14.4. The van der Waals surface area contributed by atoms with Crippen LogP contribution in [0.4, 0.5) is 0 Å². The van der Waals surface area contributed by atoms with Gasteiger partial charge in [-0.3, -0.25) is 0 Å². The SMILES string of the molecule is COc1ccc(Cc2cccc(C3(O)C[C@H](COCc4ccccc4)[C@@H](OCc4ccccc4)[C@H](OCc4ccccc4)[C@H]3OCc3ccccc3)c2)cc1. The molecular formula is C49H50O6. The van der Waals surface area contributed by atoms with Crippen molar-refractivity contribution in [1.82, 2.24) is 0 Å². The molecule has 0 spiro atoms. The number of hydrogen-bond acceptors (Lipinski definition) is 6. The standard InChI is InChI=1S/C49H50O6/c1-51-45-27-25-37(26-28-45)29-42-23-14-24-44(30-42)49(50)31-43(36-52-32-38-15-6-2-7-16-38)46(53-33-39-17-8-3-9-18-39)47(54-34-40-19-10-4-11-20-40)48(49)55-35-41-21-12-5-13-22-41/h2-28,30,43,46-48,50H,29,31-36H2,1H3/t43-,46-,47+,48-,49?/m1/s1. The third kappa shape index (κ3) is 10.2. The molecule has 1 N–H and O–H groups in total. The van der Waals surface area contributed by atoms with E-state index in [9.17, 15) is 5.11 Å². The van der Waals surface area contributed by atoms with Crippen molar-refractivity contribution in [3.8, 4) is 5.75 Å². The molecule has 5 atom stereocenters. The number of hydrogen-bond donors (Lipinski definition) is 1. The topological polar surface area (TPSA) is 66.4 Å². The van der Waals surface area contributed by atoms with E-state index >= 15 is 0 Å². The average Bonchev–Trinajstić information content (AvgIpc) is 3.24. The highest BCUT2D eigenvalue weighted by Crippen LogP contribution is 2.46. The van der Waals surface area contributed by atoms with Gasteiger partial charge < -0.3 is 28.8 Å². The zero-order valence-electron chi connectivity index (χ0n) is 31.4. The first-order valence-corrected chi connectivity index (χ1v) is 19.1. The molecule has 0 aromatic heterocycles. The number of benzene rings is 6. The molecule has 0 amide bonds. The van der Waals surface area contributed by atoms with Crippen LogP contribution in [0.5, 0.6) is 5.75 Å². The minimum Gasteiger partial charge on any atom is -0.497 e. The zero-order valence-corrected chi connectivity index (χ0v) is 31.4. The Morgan fingerprint density at radius 1 is 0.509 bits per heavy atom. The number of ether oxygens (including phenoxy) is 5. The van der Waals surface area contributed by atoms with E-state index in [1.807, 2.05) is 109 Å². The summed E-state index contributed by atoms with van der Waals surface area (Å²) in [6.07, 6.45) is -0.842. The fourth-order valence-electron chi connectivity index (χ4n) is 7.55. The number of methoxy groups -OCH3 is 1. The number of rotatable bonds is 17. The van der Waals surface area contributed by atoms with Gasteiger partial charge in [0, 0.05) is 5.92 Å². The second-order valence-corrected chi connectivity index (χ2v) is 14.4. The minimum absolute atomic E-state index is 0.236. The molecule has 0 bridgehead atoms.